The van der Waals surface area contributed by atoms with Crippen LogP contribution >= 0.6 is 35.4 Å². The lowest BCUT2D eigenvalue weighted by atomic mass is 10.1. The van der Waals surface area contributed by atoms with Gasteiger partial charge in [-0.3, -0.25) is 0 Å². The van der Waals surface area contributed by atoms with E-state index in [1.54, 1.807) is 0 Å². The lowest BCUT2D eigenvalue weighted by molar-refractivity contribution is 0.873. The van der Waals surface area contributed by atoms with Crippen LogP contribution < -0.4 is 10.6 Å². The Balaban J connectivity index is 1.80. The van der Waals surface area contributed by atoms with Crippen LogP contribution in [0.2, 0.25) is 10.0 Å². The standard InChI is InChI=1S/C15H14Cl2N2S/c16-12-5-3-4-11(10-12)8-9-18-15(20)19-14-7-2-1-6-13(14)17/h1-7,10H,8-9H2,(H2,18,19,20). The third-order valence-electron chi connectivity index (χ3n) is 2.71. The van der Waals surface area contributed by atoms with Crippen LogP contribution in [0.15, 0.2) is 48.5 Å². The van der Waals surface area contributed by atoms with Crippen molar-refractivity contribution in [1.82, 2.24) is 5.32 Å². The van der Waals surface area contributed by atoms with Gasteiger partial charge in [0.25, 0.3) is 0 Å². The average Bonchev–Trinajstić information content (AvgIpc) is 2.41. The zero-order valence-corrected chi connectivity index (χ0v) is 13.0. The predicted octanol–water partition coefficient (Wildman–Crippen LogP) is 4.52. The Morgan fingerprint density at radius 1 is 1.05 bits per heavy atom. The topological polar surface area (TPSA) is 24.1 Å². The van der Waals surface area contributed by atoms with Crippen LogP contribution in [0.4, 0.5) is 5.69 Å². The van der Waals surface area contributed by atoms with Crippen LogP contribution in [-0.2, 0) is 6.42 Å². The van der Waals surface area contributed by atoms with Gasteiger partial charge in [-0.1, -0.05) is 47.5 Å². The summed E-state index contributed by atoms with van der Waals surface area (Å²) in [5, 5.41) is 8.16. The van der Waals surface area contributed by atoms with Crippen LogP contribution in [0.1, 0.15) is 5.56 Å². The molecule has 0 aliphatic carbocycles. The fourth-order valence-corrected chi connectivity index (χ4v) is 2.35. The molecule has 0 aliphatic rings. The minimum atomic E-state index is 0.556. The third-order valence-corrected chi connectivity index (χ3v) is 3.52. The van der Waals surface area contributed by atoms with E-state index >= 15 is 0 Å². The molecule has 2 N–H and O–H groups in total. The molecule has 0 unspecified atom stereocenters. The van der Waals surface area contributed by atoms with Crippen molar-refractivity contribution in [2.75, 3.05) is 11.9 Å². The summed E-state index contributed by atoms with van der Waals surface area (Å²) in [6, 6.07) is 15.3. The fourth-order valence-electron chi connectivity index (χ4n) is 1.74. The van der Waals surface area contributed by atoms with E-state index in [-0.39, 0.29) is 0 Å². The maximum atomic E-state index is 6.05. The molecule has 2 nitrogen and oxygen atoms in total. The van der Waals surface area contributed by atoms with E-state index in [0.29, 0.717) is 10.1 Å². The summed E-state index contributed by atoms with van der Waals surface area (Å²) in [7, 11) is 0. The van der Waals surface area contributed by atoms with Crippen molar-refractivity contribution in [3.63, 3.8) is 0 Å². The van der Waals surface area contributed by atoms with Gasteiger partial charge in [0.1, 0.15) is 0 Å². The molecule has 0 aromatic heterocycles. The molecule has 20 heavy (non-hydrogen) atoms. The maximum absolute atomic E-state index is 6.05. The van der Waals surface area contributed by atoms with Crippen LogP contribution in [-0.4, -0.2) is 11.7 Å². The molecule has 0 fully saturated rings. The SMILES string of the molecule is S=C(NCCc1cccc(Cl)c1)Nc1ccccc1Cl. The summed E-state index contributed by atoms with van der Waals surface area (Å²) >= 11 is 17.2. The maximum Gasteiger partial charge on any atom is 0.170 e. The Hall–Kier alpha value is -1.29. The molecule has 0 atom stereocenters. The monoisotopic (exact) mass is 324 g/mol. The van der Waals surface area contributed by atoms with Crippen molar-refractivity contribution in [2.45, 2.75) is 6.42 Å². The number of rotatable bonds is 4. The highest BCUT2D eigenvalue weighted by Gasteiger charge is 2.01. The van der Waals surface area contributed by atoms with Gasteiger partial charge in [0.2, 0.25) is 0 Å². The molecule has 0 amide bonds. The van der Waals surface area contributed by atoms with Crippen LogP contribution in [0, 0.1) is 0 Å². The van der Waals surface area contributed by atoms with Crippen molar-refractivity contribution in [3.05, 3.63) is 64.1 Å². The zero-order chi connectivity index (χ0) is 14.4. The van der Waals surface area contributed by atoms with Crippen molar-refractivity contribution in [2.24, 2.45) is 0 Å². The molecule has 0 saturated carbocycles. The molecule has 0 heterocycles. The van der Waals surface area contributed by atoms with Crippen LogP contribution in [0.3, 0.4) is 0 Å². The smallest absolute Gasteiger partial charge is 0.170 e. The van der Waals surface area contributed by atoms with Crippen molar-refractivity contribution in [3.8, 4) is 0 Å². The first-order valence-corrected chi connectivity index (χ1v) is 7.35. The second-order valence-electron chi connectivity index (χ2n) is 4.24. The summed E-state index contributed by atoms with van der Waals surface area (Å²) in [5.41, 5.74) is 1.97. The minimum Gasteiger partial charge on any atom is -0.362 e. The Labute approximate surface area is 134 Å². The third kappa shape index (κ3) is 4.67. The molecule has 0 bridgehead atoms. The van der Waals surface area contributed by atoms with Crippen molar-refractivity contribution in [1.29, 1.82) is 0 Å². The van der Waals surface area contributed by atoms with Gasteiger partial charge < -0.3 is 10.6 Å². The number of halogens is 2. The van der Waals surface area contributed by atoms with Crippen LogP contribution in [0.25, 0.3) is 0 Å². The molecule has 2 rings (SSSR count). The highest BCUT2D eigenvalue weighted by atomic mass is 35.5. The Morgan fingerprint density at radius 3 is 2.60 bits per heavy atom. The van der Waals surface area contributed by atoms with Crippen LogP contribution in [0.5, 0.6) is 0 Å². The number of thiocarbonyl (C=S) groups is 1. The Morgan fingerprint density at radius 2 is 1.85 bits per heavy atom. The Kier molecular flexibility index (Phi) is 5.65. The van der Waals surface area contributed by atoms with Gasteiger partial charge in [-0.05, 0) is 48.5 Å². The van der Waals surface area contributed by atoms with E-state index < -0.39 is 0 Å². The fraction of sp³-hybridized carbons (Fsp3) is 0.133. The number of hydrogen-bond acceptors (Lipinski definition) is 1. The molecule has 0 spiro atoms. The first-order valence-electron chi connectivity index (χ1n) is 6.19. The second-order valence-corrected chi connectivity index (χ2v) is 5.49. The molecule has 0 radical (unpaired) electrons. The van der Waals surface area contributed by atoms with Gasteiger partial charge in [0, 0.05) is 11.6 Å². The normalized spacial score (nSPS) is 10.1. The van der Waals surface area contributed by atoms with Crippen molar-refractivity contribution < 1.29 is 0 Å². The lowest BCUT2D eigenvalue weighted by Crippen LogP contribution is -2.30. The second kappa shape index (κ2) is 7.48. The zero-order valence-electron chi connectivity index (χ0n) is 10.7. The lowest BCUT2D eigenvalue weighted by Gasteiger charge is -2.11. The van der Waals surface area contributed by atoms with E-state index in [2.05, 4.69) is 10.6 Å². The first-order chi connectivity index (χ1) is 9.65. The molecule has 2 aromatic rings. The van der Waals surface area contributed by atoms with Gasteiger partial charge in [0.15, 0.2) is 5.11 Å². The molecular weight excluding hydrogens is 311 g/mol. The predicted molar refractivity (Wildman–Crippen MR) is 90.8 cm³/mol. The van der Waals surface area contributed by atoms with E-state index in [1.165, 1.54) is 5.56 Å². The highest BCUT2D eigenvalue weighted by molar-refractivity contribution is 7.80. The number of para-hydroxylation sites is 1. The number of hydrogen-bond donors (Lipinski definition) is 2. The van der Waals surface area contributed by atoms with Gasteiger partial charge in [-0.15, -0.1) is 0 Å². The first kappa shape index (κ1) is 15.1. The summed E-state index contributed by atoms with van der Waals surface area (Å²) in [4.78, 5) is 0. The Bertz CT molecular complexity index is 602. The summed E-state index contributed by atoms with van der Waals surface area (Å²) < 4.78 is 0. The minimum absolute atomic E-state index is 0.556. The average molecular weight is 325 g/mol. The van der Waals surface area contributed by atoms with E-state index in [1.807, 2.05) is 48.5 Å². The molecule has 2 aromatic carbocycles. The molecule has 0 saturated heterocycles. The summed E-state index contributed by atoms with van der Waals surface area (Å²) in [6.45, 7) is 0.733. The molecule has 0 aliphatic heterocycles. The van der Waals surface area contributed by atoms with Gasteiger partial charge in [-0.2, -0.15) is 0 Å². The van der Waals surface area contributed by atoms with E-state index in [9.17, 15) is 0 Å². The van der Waals surface area contributed by atoms with Crippen molar-refractivity contribution >= 4 is 46.2 Å². The number of benzene rings is 2. The van der Waals surface area contributed by atoms with Gasteiger partial charge in [0.05, 0.1) is 10.7 Å². The molecule has 104 valence electrons. The number of anilines is 1. The van der Waals surface area contributed by atoms with E-state index in [4.69, 9.17) is 35.4 Å². The number of nitrogens with one attached hydrogen (secondary N) is 2. The highest BCUT2D eigenvalue weighted by Crippen LogP contribution is 2.20. The quantitative estimate of drug-likeness (QED) is 0.808. The molecule has 5 heteroatoms. The van der Waals surface area contributed by atoms with Gasteiger partial charge in [-0.25, -0.2) is 0 Å². The summed E-state index contributed by atoms with van der Waals surface area (Å²) in [6.07, 6.45) is 0.852. The van der Waals surface area contributed by atoms with Gasteiger partial charge >= 0.3 is 0 Å². The largest absolute Gasteiger partial charge is 0.362 e. The van der Waals surface area contributed by atoms with E-state index in [0.717, 1.165) is 23.7 Å². The molecular formula is C15H14Cl2N2S. The summed E-state index contributed by atoms with van der Waals surface area (Å²) in [5.74, 6) is 0.